The SMILES string of the molecule is COc1ccc2[nH]c(C(=O)N3CCN(C(=O)C4CCOCC4)CC3)c(C)c2c1. The molecule has 0 spiro atoms. The summed E-state index contributed by atoms with van der Waals surface area (Å²) in [6, 6.07) is 5.76. The average Bonchev–Trinajstić information content (AvgIpc) is 3.09. The second kappa shape index (κ2) is 7.83. The zero-order chi connectivity index (χ0) is 19.7. The maximum Gasteiger partial charge on any atom is 0.270 e. The molecule has 150 valence electrons. The maximum atomic E-state index is 13.1. The molecule has 2 aromatic rings. The minimum atomic E-state index is -0.00849. The number of H-pyrrole nitrogens is 1. The molecule has 0 radical (unpaired) electrons. The lowest BCUT2D eigenvalue weighted by molar-refractivity contribution is -0.140. The second-order valence-corrected chi connectivity index (χ2v) is 7.54. The molecule has 0 unspecified atom stereocenters. The van der Waals surface area contributed by atoms with Crippen LogP contribution in [0.3, 0.4) is 0 Å². The Bertz CT molecular complexity index is 877. The largest absolute Gasteiger partial charge is 0.497 e. The lowest BCUT2D eigenvalue weighted by atomic mass is 9.98. The van der Waals surface area contributed by atoms with E-state index in [1.54, 1.807) is 7.11 Å². The number of carbonyl (C=O) groups excluding carboxylic acids is 2. The van der Waals surface area contributed by atoms with Gasteiger partial charge in [0.25, 0.3) is 5.91 Å². The molecule has 1 aromatic heterocycles. The van der Waals surface area contributed by atoms with Crippen LogP contribution in [-0.4, -0.2) is 73.1 Å². The number of ether oxygens (including phenoxy) is 2. The molecule has 0 atom stereocenters. The van der Waals surface area contributed by atoms with Crippen molar-refractivity contribution < 1.29 is 19.1 Å². The quantitative estimate of drug-likeness (QED) is 0.879. The third-order valence-corrected chi connectivity index (χ3v) is 5.93. The van der Waals surface area contributed by atoms with Gasteiger partial charge in [-0.2, -0.15) is 0 Å². The van der Waals surface area contributed by atoms with Crippen LogP contribution in [0.2, 0.25) is 0 Å². The number of benzene rings is 1. The van der Waals surface area contributed by atoms with Crippen LogP contribution in [0, 0.1) is 12.8 Å². The first-order chi connectivity index (χ1) is 13.6. The number of hydrogen-bond donors (Lipinski definition) is 1. The molecule has 1 N–H and O–H groups in total. The fraction of sp³-hybridized carbons (Fsp3) is 0.524. The standard InChI is InChI=1S/C21H27N3O4/c1-14-17-13-16(27-2)3-4-18(17)22-19(14)21(26)24-9-7-23(8-10-24)20(25)15-5-11-28-12-6-15/h3-4,13,15,22H,5-12H2,1-2H3. The number of aryl methyl sites for hydroxylation is 1. The molecule has 1 aromatic carbocycles. The number of rotatable bonds is 3. The Labute approximate surface area is 164 Å². The Morgan fingerprint density at radius 2 is 1.79 bits per heavy atom. The van der Waals surface area contributed by atoms with Crippen LogP contribution in [0.25, 0.3) is 10.9 Å². The second-order valence-electron chi connectivity index (χ2n) is 7.54. The molecule has 28 heavy (non-hydrogen) atoms. The zero-order valence-corrected chi connectivity index (χ0v) is 16.5. The van der Waals surface area contributed by atoms with Crippen LogP contribution in [0.4, 0.5) is 0 Å². The lowest BCUT2D eigenvalue weighted by Crippen LogP contribution is -2.52. The summed E-state index contributed by atoms with van der Waals surface area (Å²) in [5.74, 6) is 1.05. The highest BCUT2D eigenvalue weighted by molar-refractivity contribution is 6.01. The van der Waals surface area contributed by atoms with Crippen molar-refractivity contribution in [2.75, 3.05) is 46.5 Å². The van der Waals surface area contributed by atoms with Crippen LogP contribution in [0.1, 0.15) is 28.9 Å². The van der Waals surface area contributed by atoms with Crippen molar-refractivity contribution in [2.45, 2.75) is 19.8 Å². The molecule has 7 heteroatoms. The van der Waals surface area contributed by atoms with Gasteiger partial charge in [-0.1, -0.05) is 0 Å². The van der Waals surface area contributed by atoms with E-state index < -0.39 is 0 Å². The lowest BCUT2D eigenvalue weighted by Gasteiger charge is -2.37. The van der Waals surface area contributed by atoms with Gasteiger partial charge in [0.2, 0.25) is 5.91 Å². The smallest absolute Gasteiger partial charge is 0.270 e. The van der Waals surface area contributed by atoms with Crippen molar-refractivity contribution in [3.05, 3.63) is 29.5 Å². The van der Waals surface area contributed by atoms with Gasteiger partial charge >= 0.3 is 0 Å². The third-order valence-electron chi connectivity index (χ3n) is 5.93. The third kappa shape index (κ3) is 3.46. The summed E-state index contributed by atoms with van der Waals surface area (Å²) in [5, 5.41) is 0.996. The number of aromatic amines is 1. The number of methoxy groups -OCH3 is 1. The van der Waals surface area contributed by atoms with E-state index in [1.165, 1.54) is 0 Å². The van der Waals surface area contributed by atoms with Gasteiger partial charge in [0.05, 0.1) is 7.11 Å². The van der Waals surface area contributed by atoms with Crippen LogP contribution in [-0.2, 0) is 9.53 Å². The summed E-state index contributed by atoms with van der Waals surface area (Å²) in [6.45, 7) is 5.59. The van der Waals surface area contributed by atoms with Gasteiger partial charge in [0.1, 0.15) is 11.4 Å². The molecule has 0 aliphatic carbocycles. The molecule has 2 aliphatic rings. The van der Waals surface area contributed by atoms with Crippen LogP contribution < -0.4 is 4.74 Å². The summed E-state index contributed by atoms with van der Waals surface area (Å²) >= 11 is 0. The van der Waals surface area contributed by atoms with Crippen molar-refractivity contribution >= 4 is 22.7 Å². The number of amides is 2. The Balaban J connectivity index is 1.43. The van der Waals surface area contributed by atoms with Crippen LogP contribution in [0.5, 0.6) is 5.75 Å². The molecule has 3 heterocycles. The molecular weight excluding hydrogens is 358 g/mol. The van der Waals surface area contributed by atoms with E-state index in [1.807, 2.05) is 34.9 Å². The highest BCUT2D eigenvalue weighted by Gasteiger charge is 2.31. The number of nitrogens with zero attached hydrogens (tertiary/aromatic N) is 2. The van der Waals surface area contributed by atoms with Gasteiger partial charge in [-0.05, 0) is 43.5 Å². The van der Waals surface area contributed by atoms with E-state index in [4.69, 9.17) is 9.47 Å². The molecule has 2 aliphatic heterocycles. The predicted octanol–water partition coefficient (Wildman–Crippen LogP) is 2.20. The van der Waals surface area contributed by atoms with Crippen molar-refractivity contribution in [3.63, 3.8) is 0 Å². The topological polar surface area (TPSA) is 74.9 Å². The van der Waals surface area contributed by atoms with E-state index in [9.17, 15) is 9.59 Å². The van der Waals surface area contributed by atoms with Gasteiger partial charge in [0.15, 0.2) is 0 Å². The highest BCUT2D eigenvalue weighted by atomic mass is 16.5. The van der Waals surface area contributed by atoms with Gasteiger partial charge in [-0.3, -0.25) is 9.59 Å². The average molecular weight is 385 g/mol. The molecule has 2 amide bonds. The number of hydrogen-bond acceptors (Lipinski definition) is 4. The Morgan fingerprint density at radius 1 is 1.11 bits per heavy atom. The van der Waals surface area contributed by atoms with Crippen molar-refractivity contribution in [1.82, 2.24) is 14.8 Å². The monoisotopic (exact) mass is 385 g/mol. The van der Waals surface area contributed by atoms with Crippen molar-refractivity contribution in [2.24, 2.45) is 5.92 Å². The molecule has 0 bridgehead atoms. The minimum Gasteiger partial charge on any atom is -0.497 e. The molecule has 0 saturated carbocycles. The highest BCUT2D eigenvalue weighted by Crippen LogP contribution is 2.27. The fourth-order valence-corrected chi connectivity index (χ4v) is 4.14. The number of fused-ring (bicyclic) bond motifs is 1. The van der Waals surface area contributed by atoms with Crippen molar-refractivity contribution in [3.8, 4) is 5.75 Å². The predicted molar refractivity (Wildman–Crippen MR) is 106 cm³/mol. The van der Waals surface area contributed by atoms with E-state index in [0.717, 1.165) is 35.1 Å². The fourth-order valence-electron chi connectivity index (χ4n) is 4.14. The number of aromatic nitrogens is 1. The maximum absolute atomic E-state index is 13.1. The molecular formula is C21H27N3O4. The first-order valence-electron chi connectivity index (χ1n) is 9.90. The Hall–Kier alpha value is -2.54. The first-order valence-corrected chi connectivity index (χ1v) is 9.90. The molecule has 4 rings (SSSR count). The minimum absolute atomic E-state index is 0.00849. The summed E-state index contributed by atoms with van der Waals surface area (Å²) in [7, 11) is 1.64. The van der Waals surface area contributed by atoms with E-state index in [0.29, 0.717) is 45.1 Å². The van der Waals surface area contributed by atoms with E-state index in [2.05, 4.69) is 4.98 Å². The van der Waals surface area contributed by atoms with Crippen molar-refractivity contribution in [1.29, 1.82) is 0 Å². The number of piperazine rings is 1. The summed E-state index contributed by atoms with van der Waals surface area (Å²) in [6.07, 6.45) is 1.60. The van der Waals surface area contributed by atoms with E-state index >= 15 is 0 Å². The molecule has 7 nitrogen and oxygen atoms in total. The number of carbonyl (C=O) groups is 2. The first kappa shape index (κ1) is 18.8. The van der Waals surface area contributed by atoms with E-state index in [-0.39, 0.29) is 17.7 Å². The van der Waals surface area contributed by atoms with Crippen LogP contribution in [0.15, 0.2) is 18.2 Å². The van der Waals surface area contributed by atoms with Gasteiger partial charge in [0, 0.05) is 56.2 Å². The Kier molecular flexibility index (Phi) is 5.26. The zero-order valence-electron chi connectivity index (χ0n) is 16.5. The Morgan fingerprint density at radius 3 is 2.46 bits per heavy atom. The summed E-state index contributed by atoms with van der Waals surface area (Å²) in [5.41, 5.74) is 2.47. The summed E-state index contributed by atoms with van der Waals surface area (Å²) in [4.78, 5) is 32.7. The van der Waals surface area contributed by atoms with Gasteiger partial charge in [-0.25, -0.2) is 0 Å². The summed E-state index contributed by atoms with van der Waals surface area (Å²) < 4.78 is 10.6. The van der Waals surface area contributed by atoms with Gasteiger partial charge in [-0.15, -0.1) is 0 Å². The van der Waals surface area contributed by atoms with Crippen LogP contribution >= 0.6 is 0 Å². The number of nitrogens with one attached hydrogen (secondary N) is 1. The normalized spacial score (nSPS) is 18.5. The molecule has 2 saturated heterocycles. The molecule has 2 fully saturated rings. The van der Waals surface area contributed by atoms with Gasteiger partial charge < -0.3 is 24.3 Å².